The molecular formula is C20H22N6O. The molecule has 7 nitrogen and oxygen atoms in total. The Kier molecular flexibility index (Phi) is 7.47. The fraction of sp³-hybridized carbons (Fsp3) is 0.100. The number of nitrogens with two attached hydrogens (primary N) is 1. The van der Waals surface area contributed by atoms with E-state index in [2.05, 4.69) is 10.3 Å². The number of nitrogens with one attached hydrogen (secondary N) is 4. The topological polar surface area (TPSA) is 132 Å². The van der Waals surface area contributed by atoms with Crippen LogP contribution in [0, 0.1) is 16.2 Å². The average Bonchev–Trinajstić information content (AvgIpc) is 2.68. The maximum atomic E-state index is 8.00. The van der Waals surface area contributed by atoms with E-state index >= 15 is 0 Å². The summed E-state index contributed by atoms with van der Waals surface area (Å²) in [5.41, 5.74) is 9.24. The lowest BCUT2D eigenvalue weighted by molar-refractivity contribution is 0.537. The normalized spacial score (nSPS) is 10.8. The summed E-state index contributed by atoms with van der Waals surface area (Å²) >= 11 is 0. The van der Waals surface area contributed by atoms with E-state index in [9.17, 15) is 0 Å². The number of ether oxygens (including phenoxy) is 1. The van der Waals surface area contributed by atoms with Gasteiger partial charge < -0.3 is 21.2 Å². The van der Waals surface area contributed by atoms with Crippen LogP contribution in [0.4, 0.5) is 5.69 Å². The number of hydrogen-bond acceptors (Lipinski definition) is 7. The number of allylic oxidation sites excluding steroid dienone is 1. The Bertz CT molecular complexity index is 855. The van der Waals surface area contributed by atoms with E-state index in [-0.39, 0.29) is 5.90 Å². The summed E-state index contributed by atoms with van der Waals surface area (Å²) in [4.78, 5) is 4.10. The molecule has 0 aliphatic heterocycles. The van der Waals surface area contributed by atoms with Crippen LogP contribution in [0.2, 0.25) is 0 Å². The number of pyridine rings is 1. The molecule has 1 aromatic carbocycles. The molecular weight excluding hydrogens is 340 g/mol. The first-order valence-corrected chi connectivity index (χ1v) is 8.30. The standard InChI is InChI=1S/C20H22N6O/c21-10-7-19(23)18-9-11-25-13-16(18)8-12-26-17-4-1-15(2-5-17)3-6-20(24)27-14-22/h1-2,4-5,7-14,22-24,26H,3,6,21H2/b10-7-,12-8+,22-14?,23-19?,24-20?. The summed E-state index contributed by atoms with van der Waals surface area (Å²) in [6.45, 7) is 0. The van der Waals surface area contributed by atoms with Gasteiger partial charge in [-0.2, -0.15) is 0 Å². The summed E-state index contributed by atoms with van der Waals surface area (Å²) in [5.74, 6) is 0.0810. The highest BCUT2D eigenvalue weighted by molar-refractivity contribution is 6.08. The van der Waals surface area contributed by atoms with Crippen molar-refractivity contribution in [3.63, 3.8) is 0 Å². The first kappa shape index (κ1) is 19.6. The van der Waals surface area contributed by atoms with Gasteiger partial charge in [0.05, 0.1) is 5.71 Å². The van der Waals surface area contributed by atoms with Crippen LogP contribution in [-0.2, 0) is 11.2 Å². The number of aromatic nitrogens is 1. The summed E-state index contributed by atoms with van der Waals surface area (Å²) in [6, 6.07) is 9.63. The third-order valence-corrected chi connectivity index (χ3v) is 3.71. The molecule has 0 aliphatic carbocycles. The van der Waals surface area contributed by atoms with Crippen LogP contribution >= 0.6 is 0 Å². The molecule has 0 unspecified atom stereocenters. The molecule has 0 saturated heterocycles. The molecule has 0 fully saturated rings. The van der Waals surface area contributed by atoms with Gasteiger partial charge in [-0.1, -0.05) is 12.1 Å². The van der Waals surface area contributed by atoms with Crippen molar-refractivity contribution in [1.82, 2.24) is 4.98 Å². The Morgan fingerprint density at radius 3 is 2.67 bits per heavy atom. The molecule has 0 aliphatic rings. The van der Waals surface area contributed by atoms with Crippen LogP contribution in [-0.4, -0.2) is 23.0 Å². The van der Waals surface area contributed by atoms with E-state index < -0.39 is 0 Å². The highest BCUT2D eigenvalue weighted by atomic mass is 16.5. The lowest BCUT2D eigenvalue weighted by Gasteiger charge is -2.06. The number of rotatable bonds is 9. The molecule has 0 bridgehead atoms. The van der Waals surface area contributed by atoms with Gasteiger partial charge in [0.2, 0.25) is 0 Å². The van der Waals surface area contributed by atoms with Gasteiger partial charge in [-0.15, -0.1) is 0 Å². The fourth-order valence-electron chi connectivity index (χ4n) is 2.35. The molecule has 1 heterocycles. The molecule has 138 valence electrons. The molecule has 0 spiro atoms. The lowest BCUT2D eigenvalue weighted by Crippen LogP contribution is -2.02. The third-order valence-electron chi connectivity index (χ3n) is 3.71. The molecule has 0 saturated carbocycles. The van der Waals surface area contributed by atoms with E-state index in [1.807, 2.05) is 30.3 Å². The van der Waals surface area contributed by atoms with E-state index in [0.717, 1.165) is 28.8 Å². The van der Waals surface area contributed by atoms with Crippen molar-refractivity contribution in [2.75, 3.05) is 5.32 Å². The zero-order valence-corrected chi connectivity index (χ0v) is 14.8. The molecule has 2 rings (SSSR count). The smallest absolute Gasteiger partial charge is 0.189 e. The van der Waals surface area contributed by atoms with Gasteiger partial charge in [0.1, 0.15) is 0 Å². The van der Waals surface area contributed by atoms with Crippen LogP contribution < -0.4 is 11.1 Å². The monoisotopic (exact) mass is 362 g/mol. The summed E-state index contributed by atoms with van der Waals surface area (Å²) in [6.07, 6.45) is 11.8. The summed E-state index contributed by atoms with van der Waals surface area (Å²) < 4.78 is 4.70. The van der Waals surface area contributed by atoms with Crippen molar-refractivity contribution in [2.24, 2.45) is 5.73 Å². The molecule has 1 aromatic heterocycles. The van der Waals surface area contributed by atoms with Gasteiger partial charge >= 0.3 is 0 Å². The highest BCUT2D eigenvalue weighted by Crippen LogP contribution is 2.14. The van der Waals surface area contributed by atoms with Crippen molar-refractivity contribution in [3.8, 4) is 0 Å². The molecule has 7 heteroatoms. The van der Waals surface area contributed by atoms with Gasteiger partial charge in [-0.3, -0.25) is 15.8 Å². The van der Waals surface area contributed by atoms with Crippen LogP contribution in [0.15, 0.2) is 61.2 Å². The first-order chi connectivity index (χ1) is 13.1. The van der Waals surface area contributed by atoms with E-state index in [1.165, 1.54) is 12.3 Å². The zero-order valence-electron chi connectivity index (χ0n) is 14.8. The van der Waals surface area contributed by atoms with Gasteiger partial charge in [-0.25, -0.2) is 0 Å². The Morgan fingerprint density at radius 1 is 1.19 bits per heavy atom. The zero-order chi connectivity index (χ0) is 19.5. The Morgan fingerprint density at radius 2 is 1.96 bits per heavy atom. The second-order valence-electron chi connectivity index (χ2n) is 5.57. The van der Waals surface area contributed by atoms with Gasteiger partial charge in [0, 0.05) is 41.8 Å². The number of aryl methyl sites for hydroxylation is 1. The Labute approximate surface area is 158 Å². The summed E-state index contributed by atoms with van der Waals surface area (Å²) in [7, 11) is 0. The van der Waals surface area contributed by atoms with Crippen molar-refractivity contribution in [3.05, 3.63) is 77.9 Å². The number of anilines is 1. The fourth-order valence-corrected chi connectivity index (χ4v) is 2.35. The van der Waals surface area contributed by atoms with Crippen molar-refractivity contribution in [1.29, 1.82) is 16.2 Å². The predicted molar refractivity (Wildman–Crippen MR) is 109 cm³/mol. The van der Waals surface area contributed by atoms with E-state index in [1.54, 1.807) is 24.7 Å². The third kappa shape index (κ3) is 6.24. The van der Waals surface area contributed by atoms with Crippen LogP contribution in [0.5, 0.6) is 0 Å². The quantitative estimate of drug-likeness (QED) is 0.345. The maximum Gasteiger partial charge on any atom is 0.189 e. The number of hydrogen-bond donors (Lipinski definition) is 5. The molecule has 27 heavy (non-hydrogen) atoms. The minimum atomic E-state index is 0.0810. The Balaban J connectivity index is 1.96. The van der Waals surface area contributed by atoms with E-state index in [0.29, 0.717) is 18.6 Å². The van der Waals surface area contributed by atoms with Gasteiger partial charge in [0.15, 0.2) is 12.3 Å². The van der Waals surface area contributed by atoms with Crippen LogP contribution in [0.25, 0.3) is 6.08 Å². The largest absolute Gasteiger partial charge is 0.433 e. The molecule has 6 N–H and O–H groups in total. The predicted octanol–water partition coefficient (Wildman–Crippen LogP) is 3.54. The highest BCUT2D eigenvalue weighted by Gasteiger charge is 2.03. The van der Waals surface area contributed by atoms with Gasteiger partial charge in [-0.05, 0) is 48.5 Å². The molecule has 2 aromatic rings. The van der Waals surface area contributed by atoms with Gasteiger partial charge in [0.25, 0.3) is 0 Å². The van der Waals surface area contributed by atoms with Crippen molar-refractivity contribution >= 4 is 29.8 Å². The van der Waals surface area contributed by atoms with Crippen LogP contribution in [0.3, 0.4) is 0 Å². The Hall–Kier alpha value is -3.74. The number of benzene rings is 1. The molecule has 0 amide bonds. The van der Waals surface area contributed by atoms with Crippen molar-refractivity contribution in [2.45, 2.75) is 12.8 Å². The minimum absolute atomic E-state index is 0.0810. The number of nitrogens with zero attached hydrogens (tertiary/aromatic N) is 1. The van der Waals surface area contributed by atoms with E-state index in [4.69, 9.17) is 26.7 Å². The summed E-state index contributed by atoms with van der Waals surface area (Å²) in [5, 5.41) is 25.5. The first-order valence-electron chi connectivity index (χ1n) is 8.30. The maximum absolute atomic E-state index is 8.00. The second kappa shape index (κ2) is 10.3. The SMILES string of the molecule is N=COC(=N)CCc1ccc(N/C=C/c2cnccc2C(=N)/C=C\N)cc1. The second-order valence-corrected chi connectivity index (χ2v) is 5.57. The molecule has 0 radical (unpaired) electrons. The van der Waals surface area contributed by atoms with Crippen molar-refractivity contribution < 1.29 is 4.74 Å². The lowest BCUT2D eigenvalue weighted by atomic mass is 10.1. The average molecular weight is 362 g/mol. The molecule has 0 atom stereocenters. The minimum Gasteiger partial charge on any atom is -0.433 e. The van der Waals surface area contributed by atoms with Crippen LogP contribution in [0.1, 0.15) is 23.1 Å².